The maximum atomic E-state index is 12.3. The zero-order valence-electron chi connectivity index (χ0n) is 14.2. The van der Waals surface area contributed by atoms with Gasteiger partial charge >= 0.3 is 0 Å². The third-order valence-corrected chi connectivity index (χ3v) is 4.18. The van der Waals surface area contributed by atoms with E-state index in [0.29, 0.717) is 28.6 Å². The summed E-state index contributed by atoms with van der Waals surface area (Å²) in [5, 5.41) is 3.50. The Labute approximate surface area is 157 Å². The van der Waals surface area contributed by atoms with Crippen molar-refractivity contribution >= 4 is 17.5 Å². The van der Waals surface area contributed by atoms with Gasteiger partial charge < -0.3 is 14.8 Å². The second-order valence-corrected chi connectivity index (χ2v) is 5.98. The fourth-order valence-electron chi connectivity index (χ4n) is 2.37. The molecule has 1 N–H and O–H groups in total. The zero-order valence-corrected chi connectivity index (χ0v) is 15.0. The number of halogens is 1. The van der Waals surface area contributed by atoms with Gasteiger partial charge in [-0.15, -0.1) is 0 Å². The van der Waals surface area contributed by atoms with E-state index < -0.39 is 0 Å². The van der Waals surface area contributed by atoms with Crippen LogP contribution in [0.4, 0.5) is 0 Å². The van der Waals surface area contributed by atoms with Gasteiger partial charge in [-0.25, -0.2) is 0 Å². The van der Waals surface area contributed by atoms with Crippen LogP contribution in [-0.4, -0.2) is 13.0 Å². The maximum Gasteiger partial charge on any atom is 0.251 e. The van der Waals surface area contributed by atoms with Crippen molar-refractivity contribution in [1.82, 2.24) is 5.32 Å². The minimum absolute atomic E-state index is 0.166. The minimum Gasteiger partial charge on any atom is -0.497 e. The average molecular weight is 368 g/mol. The van der Waals surface area contributed by atoms with Gasteiger partial charge in [-0.05, 0) is 60.2 Å². The number of carbonyl (C=O) groups is 1. The van der Waals surface area contributed by atoms with Gasteiger partial charge in [-0.1, -0.05) is 29.8 Å². The van der Waals surface area contributed by atoms with Gasteiger partial charge in [-0.2, -0.15) is 0 Å². The molecule has 0 saturated carbocycles. The first-order chi connectivity index (χ1) is 12.7. The normalized spacial score (nSPS) is 10.2. The van der Waals surface area contributed by atoms with Crippen LogP contribution >= 0.6 is 11.6 Å². The number of ether oxygens (including phenoxy) is 2. The molecule has 0 aliphatic rings. The largest absolute Gasteiger partial charge is 0.497 e. The van der Waals surface area contributed by atoms with Crippen LogP contribution in [0, 0.1) is 0 Å². The Bertz CT molecular complexity index is 877. The molecule has 0 radical (unpaired) electrons. The lowest BCUT2D eigenvalue weighted by molar-refractivity contribution is 0.0951. The topological polar surface area (TPSA) is 47.6 Å². The van der Waals surface area contributed by atoms with Crippen LogP contribution in [0.2, 0.25) is 5.02 Å². The Hall–Kier alpha value is -2.98. The molecular weight excluding hydrogens is 350 g/mol. The van der Waals surface area contributed by atoms with Crippen molar-refractivity contribution in [2.75, 3.05) is 7.11 Å². The lowest BCUT2D eigenvalue weighted by atomic mass is 10.2. The molecule has 0 aliphatic heterocycles. The Morgan fingerprint density at radius 3 is 2.08 bits per heavy atom. The van der Waals surface area contributed by atoms with Crippen molar-refractivity contribution in [2.45, 2.75) is 6.54 Å². The molecule has 3 aromatic carbocycles. The predicted molar refractivity (Wildman–Crippen MR) is 102 cm³/mol. The first-order valence-electron chi connectivity index (χ1n) is 8.09. The summed E-state index contributed by atoms with van der Waals surface area (Å²) in [6.45, 7) is 0.378. The van der Waals surface area contributed by atoms with Gasteiger partial charge in [0, 0.05) is 17.1 Å². The summed E-state index contributed by atoms with van der Waals surface area (Å²) in [6.07, 6.45) is 0. The molecular formula is C21H18ClNO3. The second kappa shape index (κ2) is 8.41. The van der Waals surface area contributed by atoms with Crippen molar-refractivity contribution in [1.29, 1.82) is 0 Å². The summed E-state index contributed by atoms with van der Waals surface area (Å²) in [6, 6.07) is 21.7. The van der Waals surface area contributed by atoms with Gasteiger partial charge in [0.1, 0.15) is 17.2 Å². The van der Waals surface area contributed by atoms with Gasteiger partial charge in [0.05, 0.1) is 7.11 Å². The monoisotopic (exact) mass is 367 g/mol. The van der Waals surface area contributed by atoms with Crippen LogP contribution < -0.4 is 14.8 Å². The first-order valence-corrected chi connectivity index (χ1v) is 8.47. The molecule has 0 unspecified atom stereocenters. The molecule has 26 heavy (non-hydrogen) atoms. The van der Waals surface area contributed by atoms with Gasteiger partial charge in [0.25, 0.3) is 5.91 Å². The van der Waals surface area contributed by atoms with Crippen molar-refractivity contribution in [3.63, 3.8) is 0 Å². The highest BCUT2D eigenvalue weighted by molar-refractivity contribution is 6.31. The molecule has 0 bridgehead atoms. The second-order valence-electron chi connectivity index (χ2n) is 5.58. The highest BCUT2D eigenvalue weighted by Gasteiger charge is 2.07. The highest BCUT2D eigenvalue weighted by Crippen LogP contribution is 2.24. The molecule has 3 rings (SSSR count). The molecule has 0 spiro atoms. The minimum atomic E-state index is -0.166. The summed E-state index contributed by atoms with van der Waals surface area (Å²) in [5.74, 6) is 1.95. The van der Waals surface area contributed by atoms with Crippen molar-refractivity contribution in [3.05, 3.63) is 88.9 Å². The fraction of sp³-hybridized carbons (Fsp3) is 0.0952. The number of carbonyl (C=O) groups excluding carboxylic acids is 1. The van der Waals surface area contributed by atoms with Crippen LogP contribution in [-0.2, 0) is 6.54 Å². The SMILES string of the molecule is COc1ccc(Oc2ccc(C(=O)NCc3ccccc3Cl)cc2)cc1. The lowest BCUT2D eigenvalue weighted by Gasteiger charge is -2.09. The zero-order chi connectivity index (χ0) is 18.4. The quantitative estimate of drug-likeness (QED) is 0.661. The Kier molecular flexibility index (Phi) is 5.77. The number of amides is 1. The molecule has 3 aromatic rings. The third kappa shape index (κ3) is 4.55. The van der Waals surface area contributed by atoms with E-state index in [1.807, 2.05) is 42.5 Å². The van der Waals surface area contributed by atoms with Crippen molar-refractivity contribution in [3.8, 4) is 17.2 Å². The Morgan fingerprint density at radius 1 is 0.885 bits per heavy atom. The number of nitrogens with one attached hydrogen (secondary N) is 1. The number of hydrogen-bond donors (Lipinski definition) is 1. The van der Waals surface area contributed by atoms with Crippen LogP contribution in [0.3, 0.4) is 0 Å². The summed E-state index contributed by atoms with van der Waals surface area (Å²) in [5.41, 5.74) is 1.43. The van der Waals surface area contributed by atoms with E-state index in [1.54, 1.807) is 37.4 Å². The summed E-state index contributed by atoms with van der Waals surface area (Å²) >= 11 is 6.09. The predicted octanol–water partition coefficient (Wildman–Crippen LogP) is 5.07. The molecule has 0 saturated heterocycles. The summed E-state index contributed by atoms with van der Waals surface area (Å²) in [4.78, 5) is 12.3. The van der Waals surface area contributed by atoms with Gasteiger partial charge in [0.2, 0.25) is 0 Å². The maximum absolute atomic E-state index is 12.3. The highest BCUT2D eigenvalue weighted by atomic mass is 35.5. The van der Waals surface area contributed by atoms with E-state index >= 15 is 0 Å². The summed E-state index contributed by atoms with van der Waals surface area (Å²) in [7, 11) is 1.62. The molecule has 0 atom stereocenters. The van der Waals surface area contributed by atoms with E-state index in [0.717, 1.165) is 11.3 Å². The Morgan fingerprint density at radius 2 is 1.46 bits per heavy atom. The molecule has 0 heterocycles. The summed E-state index contributed by atoms with van der Waals surface area (Å²) < 4.78 is 10.9. The van der Waals surface area contributed by atoms with Crippen molar-refractivity contribution in [2.24, 2.45) is 0 Å². The van der Waals surface area contributed by atoms with E-state index in [2.05, 4.69) is 5.32 Å². The van der Waals surface area contributed by atoms with Crippen molar-refractivity contribution < 1.29 is 14.3 Å². The molecule has 0 aliphatic carbocycles. The molecule has 1 amide bonds. The molecule has 5 heteroatoms. The number of hydrogen-bond acceptors (Lipinski definition) is 3. The first kappa shape index (κ1) is 17.8. The lowest BCUT2D eigenvalue weighted by Crippen LogP contribution is -2.22. The molecule has 0 fully saturated rings. The number of rotatable bonds is 6. The average Bonchev–Trinajstić information content (AvgIpc) is 2.68. The van der Waals surface area contributed by atoms with E-state index in [-0.39, 0.29) is 5.91 Å². The standard InChI is InChI=1S/C21H18ClNO3/c1-25-17-10-12-19(13-11-17)26-18-8-6-15(7-9-18)21(24)23-14-16-4-2-3-5-20(16)22/h2-13H,14H2,1H3,(H,23,24). The van der Waals surface area contributed by atoms with E-state index in [4.69, 9.17) is 21.1 Å². The van der Waals surface area contributed by atoms with Crippen LogP contribution in [0.25, 0.3) is 0 Å². The van der Waals surface area contributed by atoms with Crippen LogP contribution in [0.1, 0.15) is 15.9 Å². The molecule has 4 nitrogen and oxygen atoms in total. The third-order valence-electron chi connectivity index (χ3n) is 3.81. The van der Waals surface area contributed by atoms with Crippen LogP contribution in [0.5, 0.6) is 17.2 Å². The van der Waals surface area contributed by atoms with Gasteiger partial charge in [0.15, 0.2) is 0 Å². The molecule has 132 valence electrons. The van der Waals surface area contributed by atoms with Gasteiger partial charge in [-0.3, -0.25) is 4.79 Å². The fourth-order valence-corrected chi connectivity index (χ4v) is 2.58. The number of benzene rings is 3. The molecule has 0 aromatic heterocycles. The van der Waals surface area contributed by atoms with E-state index in [1.165, 1.54) is 0 Å². The smallest absolute Gasteiger partial charge is 0.251 e. The van der Waals surface area contributed by atoms with E-state index in [9.17, 15) is 4.79 Å². The Balaban J connectivity index is 1.59. The number of methoxy groups -OCH3 is 1. The van der Waals surface area contributed by atoms with Crippen LogP contribution in [0.15, 0.2) is 72.8 Å².